The van der Waals surface area contributed by atoms with Crippen molar-refractivity contribution in [3.05, 3.63) is 132 Å². The maximum atomic E-state index is 5.15. The van der Waals surface area contributed by atoms with E-state index in [1.807, 2.05) is 42.7 Å². The molecular formula is C24H20N2. The average Bonchev–Trinajstić information content (AvgIpc) is 3.25. The Hall–Kier alpha value is -3.39. The van der Waals surface area contributed by atoms with Crippen molar-refractivity contribution in [1.82, 2.24) is 4.98 Å². The smallest absolute Gasteiger partial charge is 0.136 e. The molecule has 0 saturated heterocycles. The zero-order valence-electron chi connectivity index (χ0n) is 14.4. The van der Waals surface area contributed by atoms with Crippen molar-refractivity contribution in [1.29, 1.82) is 0 Å². The van der Waals surface area contributed by atoms with Gasteiger partial charge in [-0.1, -0.05) is 91.0 Å². The first kappa shape index (κ1) is 16.1. The fraction of sp³-hybridized carbons (Fsp3) is 0.0417. The van der Waals surface area contributed by atoms with Crippen LogP contribution in [0.15, 0.2) is 114 Å². The molecule has 0 unspecified atom stereocenters. The second-order valence-electron chi connectivity index (χ2n) is 6.19. The van der Waals surface area contributed by atoms with Gasteiger partial charge in [-0.05, 0) is 28.8 Å². The van der Waals surface area contributed by atoms with E-state index in [2.05, 4.69) is 77.8 Å². The third-order valence-electron chi connectivity index (χ3n) is 4.59. The van der Waals surface area contributed by atoms with Crippen LogP contribution in [0.5, 0.6) is 0 Å². The molecule has 126 valence electrons. The predicted molar refractivity (Wildman–Crippen MR) is 108 cm³/mol. The summed E-state index contributed by atoms with van der Waals surface area (Å²) in [6, 6.07) is 35.4. The lowest BCUT2D eigenvalue weighted by molar-refractivity contribution is 0.659. The van der Waals surface area contributed by atoms with Gasteiger partial charge in [-0.25, -0.2) is 0 Å². The molecule has 2 heteroatoms. The Bertz CT molecular complexity index is 860. The molecule has 26 heavy (non-hydrogen) atoms. The average molecular weight is 336 g/mol. The number of nitrogens with zero attached hydrogens (tertiary/aromatic N) is 1. The van der Waals surface area contributed by atoms with Crippen LogP contribution in [-0.4, -0.2) is 11.2 Å². The number of hydrogen-bond acceptors (Lipinski definition) is 1. The van der Waals surface area contributed by atoms with E-state index in [9.17, 15) is 0 Å². The van der Waals surface area contributed by atoms with Gasteiger partial charge < -0.3 is 4.98 Å². The molecule has 0 atom stereocenters. The normalized spacial score (nSPS) is 11.7. The number of nitrogens with one attached hydrogen (secondary N) is 1. The number of hydrogen-bond donors (Lipinski definition) is 1. The van der Waals surface area contributed by atoms with Gasteiger partial charge in [0.2, 0.25) is 0 Å². The number of aliphatic imine (C=N–C) groups is 1. The van der Waals surface area contributed by atoms with Crippen LogP contribution >= 0.6 is 0 Å². The zero-order chi connectivity index (χ0) is 17.7. The number of rotatable bonds is 5. The molecule has 0 bridgehead atoms. The van der Waals surface area contributed by atoms with Gasteiger partial charge in [0.25, 0.3) is 0 Å². The second kappa shape index (κ2) is 7.24. The van der Waals surface area contributed by atoms with Crippen LogP contribution in [0.2, 0.25) is 0 Å². The summed E-state index contributed by atoms with van der Waals surface area (Å²) in [5.74, 6) is 0. The van der Waals surface area contributed by atoms with Crippen molar-refractivity contribution in [2.75, 3.05) is 0 Å². The van der Waals surface area contributed by atoms with Crippen LogP contribution in [0.3, 0.4) is 0 Å². The molecule has 1 N–H and O–H groups in total. The first-order chi connectivity index (χ1) is 12.9. The van der Waals surface area contributed by atoms with Crippen LogP contribution in [0.25, 0.3) is 0 Å². The summed E-state index contributed by atoms with van der Waals surface area (Å²) in [4.78, 5) is 8.37. The minimum absolute atomic E-state index is 0.602. The topological polar surface area (TPSA) is 28.1 Å². The lowest BCUT2D eigenvalue weighted by Gasteiger charge is -2.32. The van der Waals surface area contributed by atoms with Crippen molar-refractivity contribution < 1.29 is 0 Å². The van der Waals surface area contributed by atoms with Crippen molar-refractivity contribution >= 4 is 6.21 Å². The summed E-state index contributed by atoms with van der Waals surface area (Å²) in [5.41, 5.74) is 3.80. The van der Waals surface area contributed by atoms with Gasteiger partial charge >= 0.3 is 0 Å². The molecular weight excluding hydrogens is 316 g/mol. The van der Waals surface area contributed by atoms with Crippen LogP contribution < -0.4 is 0 Å². The molecule has 0 aliphatic carbocycles. The highest BCUT2D eigenvalue weighted by atomic mass is 14.9. The molecule has 1 aromatic heterocycles. The monoisotopic (exact) mass is 336 g/mol. The van der Waals surface area contributed by atoms with E-state index < -0.39 is 5.54 Å². The van der Waals surface area contributed by atoms with E-state index >= 15 is 0 Å². The molecule has 2 nitrogen and oxygen atoms in total. The first-order valence-electron chi connectivity index (χ1n) is 8.75. The molecule has 1 heterocycles. The van der Waals surface area contributed by atoms with Crippen molar-refractivity contribution in [2.24, 2.45) is 4.99 Å². The van der Waals surface area contributed by atoms with Crippen molar-refractivity contribution in [2.45, 2.75) is 5.54 Å². The SMILES string of the molecule is C(=NC(c1ccccc1)(c1ccccc1)c1ccccc1)c1ccc[nH]1. The van der Waals surface area contributed by atoms with Gasteiger partial charge in [0, 0.05) is 12.4 Å². The third-order valence-corrected chi connectivity index (χ3v) is 4.59. The van der Waals surface area contributed by atoms with Crippen LogP contribution in [-0.2, 0) is 5.54 Å². The van der Waals surface area contributed by atoms with Gasteiger partial charge in [0.1, 0.15) is 5.54 Å². The van der Waals surface area contributed by atoms with Gasteiger partial charge in [-0.15, -0.1) is 0 Å². The zero-order valence-corrected chi connectivity index (χ0v) is 14.4. The Morgan fingerprint density at radius 3 is 1.42 bits per heavy atom. The van der Waals surface area contributed by atoms with Crippen molar-refractivity contribution in [3.8, 4) is 0 Å². The fourth-order valence-electron chi connectivity index (χ4n) is 3.35. The third kappa shape index (κ3) is 2.98. The summed E-state index contributed by atoms with van der Waals surface area (Å²) in [5, 5.41) is 0. The van der Waals surface area contributed by atoms with Gasteiger partial charge in [-0.2, -0.15) is 0 Å². The highest BCUT2D eigenvalue weighted by Crippen LogP contribution is 2.40. The van der Waals surface area contributed by atoms with E-state index in [4.69, 9.17) is 4.99 Å². The Labute approximate surface area is 153 Å². The summed E-state index contributed by atoms with van der Waals surface area (Å²) in [6.07, 6.45) is 3.84. The van der Waals surface area contributed by atoms with Crippen LogP contribution in [0, 0.1) is 0 Å². The molecule has 0 amide bonds. The predicted octanol–water partition coefficient (Wildman–Crippen LogP) is 5.43. The van der Waals surface area contributed by atoms with E-state index in [1.54, 1.807) is 0 Å². The summed E-state index contributed by atoms with van der Waals surface area (Å²) in [6.45, 7) is 0. The molecule has 0 saturated carbocycles. The Morgan fingerprint density at radius 1 is 0.577 bits per heavy atom. The molecule has 0 aliphatic rings. The first-order valence-corrected chi connectivity index (χ1v) is 8.75. The molecule has 0 spiro atoms. The minimum Gasteiger partial charge on any atom is -0.360 e. The molecule has 0 radical (unpaired) electrons. The number of aromatic nitrogens is 1. The maximum Gasteiger partial charge on any atom is 0.136 e. The van der Waals surface area contributed by atoms with Gasteiger partial charge in [0.05, 0.1) is 5.69 Å². The van der Waals surface area contributed by atoms with E-state index in [-0.39, 0.29) is 0 Å². The molecule has 4 aromatic rings. The van der Waals surface area contributed by atoms with E-state index in [0.29, 0.717) is 0 Å². The quantitative estimate of drug-likeness (QED) is 0.372. The Balaban J connectivity index is 2.00. The lowest BCUT2D eigenvalue weighted by Crippen LogP contribution is -2.27. The lowest BCUT2D eigenvalue weighted by atomic mass is 9.77. The highest BCUT2D eigenvalue weighted by Gasteiger charge is 2.35. The van der Waals surface area contributed by atoms with Crippen molar-refractivity contribution in [3.63, 3.8) is 0 Å². The fourth-order valence-corrected chi connectivity index (χ4v) is 3.35. The number of aromatic amines is 1. The highest BCUT2D eigenvalue weighted by molar-refractivity contribution is 5.78. The van der Waals surface area contributed by atoms with Gasteiger partial charge in [-0.3, -0.25) is 4.99 Å². The summed E-state index contributed by atoms with van der Waals surface area (Å²) >= 11 is 0. The largest absolute Gasteiger partial charge is 0.360 e. The standard InChI is InChI=1S/C24H20N2/c1-4-11-20(12-5-1)24(21-13-6-2-7-14-21,22-15-8-3-9-16-22)26-19-23-17-10-18-25-23/h1-19,25H. The Kier molecular flexibility index (Phi) is 4.48. The van der Waals surface area contributed by atoms with Crippen LogP contribution in [0.1, 0.15) is 22.4 Å². The maximum absolute atomic E-state index is 5.15. The minimum atomic E-state index is -0.602. The summed E-state index contributed by atoms with van der Waals surface area (Å²) < 4.78 is 0. The van der Waals surface area contributed by atoms with E-state index in [0.717, 1.165) is 22.4 Å². The Morgan fingerprint density at radius 2 is 1.04 bits per heavy atom. The molecule has 0 aliphatic heterocycles. The van der Waals surface area contributed by atoms with Gasteiger partial charge in [0.15, 0.2) is 0 Å². The summed E-state index contributed by atoms with van der Waals surface area (Å²) in [7, 11) is 0. The molecule has 0 fully saturated rings. The molecule has 3 aromatic carbocycles. The van der Waals surface area contributed by atoms with Crippen LogP contribution in [0.4, 0.5) is 0 Å². The molecule has 4 rings (SSSR count). The number of benzene rings is 3. The van der Waals surface area contributed by atoms with E-state index in [1.165, 1.54) is 0 Å². The number of H-pyrrole nitrogens is 1. The second-order valence-corrected chi connectivity index (χ2v) is 6.19.